The smallest absolute Gasteiger partial charge is 0.410 e. The molecule has 116 valence electrons. The monoisotopic (exact) mass is 288 g/mol. The maximum Gasteiger partial charge on any atom is 0.410 e. The summed E-state index contributed by atoms with van der Waals surface area (Å²) in [7, 11) is 1.30. The lowest BCUT2D eigenvalue weighted by Gasteiger charge is -2.39. The molecular formula is C13H24N2O5. The molecule has 7 heteroatoms. The van der Waals surface area contributed by atoms with Gasteiger partial charge in [0.2, 0.25) is 0 Å². The Kier molecular flexibility index (Phi) is 5.76. The van der Waals surface area contributed by atoms with E-state index in [1.807, 2.05) is 0 Å². The van der Waals surface area contributed by atoms with Crippen LogP contribution in [0.15, 0.2) is 0 Å². The van der Waals surface area contributed by atoms with Gasteiger partial charge in [-0.05, 0) is 20.8 Å². The van der Waals surface area contributed by atoms with Crippen molar-refractivity contribution in [1.82, 2.24) is 4.90 Å². The van der Waals surface area contributed by atoms with E-state index in [4.69, 9.17) is 19.9 Å². The van der Waals surface area contributed by atoms with Gasteiger partial charge in [-0.3, -0.25) is 9.69 Å². The molecule has 0 aromatic carbocycles. The highest BCUT2D eigenvalue weighted by Crippen LogP contribution is 2.20. The van der Waals surface area contributed by atoms with E-state index in [0.29, 0.717) is 13.2 Å². The van der Waals surface area contributed by atoms with E-state index in [1.54, 1.807) is 20.8 Å². The molecule has 1 aliphatic heterocycles. The van der Waals surface area contributed by atoms with Gasteiger partial charge in [0.15, 0.2) is 0 Å². The number of methoxy groups -OCH3 is 1. The molecule has 0 bridgehead atoms. The molecule has 1 heterocycles. The van der Waals surface area contributed by atoms with Crippen LogP contribution in [0, 0.1) is 5.92 Å². The first-order chi connectivity index (χ1) is 9.30. The van der Waals surface area contributed by atoms with Crippen molar-refractivity contribution >= 4 is 12.1 Å². The second kappa shape index (κ2) is 6.90. The Balaban J connectivity index is 2.85. The van der Waals surface area contributed by atoms with E-state index in [0.717, 1.165) is 0 Å². The van der Waals surface area contributed by atoms with Gasteiger partial charge in [0.05, 0.1) is 32.3 Å². The molecule has 0 aromatic heterocycles. The molecule has 2 N–H and O–H groups in total. The van der Waals surface area contributed by atoms with E-state index in [-0.39, 0.29) is 13.2 Å². The molecule has 2 atom stereocenters. The minimum absolute atomic E-state index is 0.0833. The first-order valence-electron chi connectivity index (χ1n) is 6.65. The number of rotatable bonds is 3. The average molecular weight is 288 g/mol. The van der Waals surface area contributed by atoms with Gasteiger partial charge in [0, 0.05) is 13.1 Å². The van der Waals surface area contributed by atoms with Gasteiger partial charge >= 0.3 is 12.1 Å². The van der Waals surface area contributed by atoms with Crippen molar-refractivity contribution in [2.45, 2.75) is 32.4 Å². The Hall–Kier alpha value is -1.34. The summed E-state index contributed by atoms with van der Waals surface area (Å²) in [4.78, 5) is 25.5. The molecule has 7 nitrogen and oxygen atoms in total. The van der Waals surface area contributed by atoms with Gasteiger partial charge in [-0.2, -0.15) is 0 Å². The quantitative estimate of drug-likeness (QED) is 0.754. The number of hydrogen-bond donors (Lipinski definition) is 1. The fraction of sp³-hybridized carbons (Fsp3) is 0.846. The molecule has 1 fully saturated rings. The molecule has 0 spiro atoms. The SMILES string of the molecule is COC(=O)C(CN)C1COCCN1C(=O)OC(C)(C)C. The summed E-state index contributed by atoms with van der Waals surface area (Å²) < 4.78 is 15.4. The molecule has 1 rings (SSSR count). The van der Waals surface area contributed by atoms with Crippen LogP contribution >= 0.6 is 0 Å². The molecule has 1 saturated heterocycles. The van der Waals surface area contributed by atoms with E-state index >= 15 is 0 Å². The third-order valence-electron chi connectivity index (χ3n) is 3.02. The first kappa shape index (κ1) is 16.7. The summed E-state index contributed by atoms with van der Waals surface area (Å²) in [5, 5.41) is 0. The largest absolute Gasteiger partial charge is 0.469 e. The Morgan fingerprint density at radius 1 is 1.45 bits per heavy atom. The van der Waals surface area contributed by atoms with Crippen molar-refractivity contribution in [3.8, 4) is 0 Å². The van der Waals surface area contributed by atoms with Crippen LogP contribution in [0.1, 0.15) is 20.8 Å². The van der Waals surface area contributed by atoms with Crippen molar-refractivity contribution in [2.75, 3.05) is 33.4 Å². The third-order valence-corrected chi connectivity index (χ3v) is 3.02. The molecule has 0 aromatic rings. The second-order valence-corrected chi connectivity index (χ2v) is 5.68. The van der Waals surface area contributed by atoms with Crippen molar-refractivity contribution < 1.29 is 23.8 Å². The fourth-order valence-corrected chi connectivity index (χ4v) is 2.07. The Bertz CT molecular complexity index is 353. The predicted octanol–water partition coefficient (Wildman–Crippen LogP) is 0.370. The number of esters is 1. The lowest BCUT2D eigenvalue weighted by Crippen LogP contribution is -2.56. The predicted molar refractivity (Wildman–Crippen MR) is 72.1 cm³/mol. The Morgan fingerprint density at radius 3 is 2.60 bits per heavy atom. The number of hydrogen-bond acceptors (Lipinski definition) is 6. The highest BCUT2D eigenvalue weighted by atomic mass is 16.6. The van der Waals surface area contributed by atoms with Crippen LogP contribution in [0.5, 0.6) is 0 Å². The minimum atomic E-state index is -0.618. The summed E-state index contributed by atoms with van der Waals surface area (Å²) in [5.41, 5.74) is 5.04. The van der Waals surface area contributed by atoms with Crippen LogP contribution in [0.3, 0.4) is 0 Å². The van der Waals surface area contributed by atoms with Gasteiger partial charge in [0.1, 0.15) is 5.60 Å². The van der Waals surface area contributed by atoms with Crippen molar-refractivity contribution in [2.24, 2.45) is 11.7 Å². The molecular weight excluding hydrogens is 264 g/mol. The van der Waals surface area contributed by atoms with Crippen LogP contribution in [0.2, 0.25) is 0 Å². The van der Waals surface area contributed by atoms with Crippen LogP contribution in [-0.2, 0) is 19.0 Å². The summed E-state index contributed by atoms with van der Waals surface area (Å²) in [6.45, 7) is 6.49. The zero-order valence-electron chi connectivity index (χ0n) is 12.5. The summed E-state index contributed by atoms with van der Waals surface area (Å²) in [5.74, 6) is -1.07. The Labute approximate surface area is 119 Å². The highest BCUT2D eigenvalue weighted by molar-refractivity contribution is 5.75. The highest BCUT2D eigenvalue weighted by Gasteiger charge is 2.39. The first-order valence-corrected chi connectivity index (χ1v) is 6.65. The minimum Gasteiger partial charge on any atom is -0.469 e. The van der Waals surface area contributed by atoms with E-state index in [9.17, 15) is 9.59 Å². The van der Waals surface area contributed by atoms with Crippen molar-refractivity contribution in [1.29, 1.82) is 0 Å². The molecule has 20 heavy (non-hydrogen) atoms. The molecule has 2 unspecified atom stereocenters. The molecule has 0 aliphatic carbocycles. The molecule has 0 radical (unpaired) electrons. The molecule has 0 saturated carbocycles. The topological polar surface area (TPSA) is 91.1 Å². The number of ether oxygens (including phenoxy) is 3. The zero-order chi connectivity index (χ0) is 15.3. The summed E-state index contributed by atoms with van der Waals surface area (Å²) >= 11 is 0. The van der Waals surface area contributed by atoms with Crippen LogP contribution in [0.4, 0.5) is 4.79 Å². The second-order valence-electron chi connectivity index (χ2n) is 5.68. The normalized spacial score (nSPS) is 21.2. The summed E-state index contributed by atoms with van der Waals surface area (Å²) in [6, 6.07) is -0.462. The number of nitrogens with zero attached hydrogens (tertiary/aromatic N) is 1. The van der Waals surface area contributed by atoms with E-state index < -0.39 is 29.6 Å². The van der Waals surface area contributed by atoms with Gasteiger partial charge in [-0.15, -0.1) is 0 Å². The maximum atomic E-state index is 12.2. The van der Waals surface area contributed by atoms with Gasteiger partial charge in [-0.1, -0.05) is 0 Å². The molecule has 1 aliphatic rings. The number of carbonyl (C=O) groups is 2. The average Bonchev–Trinajstić information content (AvgIpc) is 2.37. The van der Waals surface area contributed by atoms with Crippen LogP contribution < -0.4 is 5.73 Å². The van der Waals surface area contributed by atoms with Crippen LogP contribution in [-0.4, -0.2) is 62.0 Å². The van der Waals surface area contributed by atoms with Gasteiger partial charge in [0.25, 0.3) is 0 Å². The third kappa shape index (κ3) is 4.35. The van der Waals surface area contributed by atoms with Crippen molar-refractivity contribution in [3.63, 3.8) is 0 Å². The van der Waals surface area contributed by atoms with Crippen molar-refractivity contribution in [3.05, 3.63) is 0 Å². The number of nitrogens with two attached hydrogens (primary N) is 1. The number of carbonyl (C=O) groups excluding carboxylic acids is 2. The van der Waals surface area contributed by atoms with Crippen LogP contribution in [0.25, 0.3) is 0 Å². The number of amides is 1. The van der Waals surface area contributed by atoms with E-state index in [2.05, 4.69) is 0 Å². The standard InChI is InChI=1S/C13H24N2O5/c1-13(2,3)20-12(17)15-5-6-19-8-10(15)9(7-14)11(16)18-4/h9-10H,5-8,14H2,1-4H3. The summed E-state index contributed by atoms with van der Waals surface area (Å²) in [6.07, 6.45) is -0.465. The van der Waals surface area contributed by atoms with Gasteiger partial charge in [-0.25, -0.2) is 4.79 Å². The Morgan fingerprint density at radius 2 is 2.10 bits per heavy atom. The zero-order valence-corrected chi connectivity index (χ0v) is 12.5. The number of morpholine rings is 1. The maximum absolute atomic E-state index is 12.2. The van der Waals surface area contributed by atoms with Gasteiger partial charge < -0.3 is 19.9 Å². The lowest BCUT2D eigenvalue weighted by atomic mass is 9.98. The fourth-order valence-electron chi connectivity index (χ4n) is 2.07. The van der Waals surface area contributed by atoms with E-state index in [1.165, 1.54) is 12.0 Å². The lowest BCUT2D eigenvalue weighted by molar-refractivity contribution is -0.150. The molecule has 1 amide bonds.